The molecule has 162 valence electrons. The Kier molecular flexibility index (Phi) is 9.41. The third kappa shape index (κ3) is 6.43. The zero-order valence-corrected chi connectivity index (χ0v) is 19.7. The summed E-state index contributed by atoms with van der Waals surface area (Å²) in [5.41, 5.74) is 6.62. The summed E-state index contributed by atoms with van der Waals surface area (Å²) in [5.74, 6) is 2.00. The van der Waals surface area contributed by atoms with E-state index in [1.807, 2.05) is 6.07 Å². The van der Waals surface area contributed by atoms with Crippen LogP contribution in [0.2, 0.25) is 0 Å². The van der Waals surface area contributed by atoms with Gasteiger partial charge < -0.3 is 25.6 Å². The monoisotopic (exact) mass is 516 g/mol. The number of hydrogen-bond acceptors (Lipinski definition) is 5. The molecule has 1 aromatic heterocycles. The number of guanidine groups is 1. The molecular weight excluding hydrogens is 483 g/mol. The van der Waals surface area contributed by atoms with Crippen molar-refractivity contribution >= 4 is 41.7 Å². The maximum absolute atomic E-state index is 11.6. The minimum atomic E-state index is -0.224. The van der Waals surface area contributed by atoms with E-state index in [2.05, 4.69) is 38.2 Å². The van der Waals surface area contributed by atoms with E-state index in [1.165, 1.54) is 0 Å². The second-order valence-electron chi connectivity index (χ2n) is 7.68. The zero-order valence-electron chi connectivity index (χ0n) is 17.3. The molecule has 0 aliphatic carbocycles. The predicted molar refractivity (Wildman–Crippen MR) is 126 cm³/mol. The number of nitrogens with two attached hydrogens (primary N) is 1. The standard InChI is InChI=1S/C20H32N6O2.HI/c1-22-20(25(2)12-15-7-10-28-14-15)24-11-16-5-3-8-23-19(16)26-9-4-6-17(13-26)18(21)27;/h3,5,8,15,17H,4,6-7,9-14H2,1-2H3,(H2,21,27)(H,22,24);1H. The normalized spacial score (nSPS) is 22.1. The number of nitrogens with zero attached hydrogens (tertiary/aromatic N) is 4. The van der Waals surface area contributed by atoms with Gasteiger partial charge in [-0.15, -0.1) is 24.0 Å². The fourth-order valence-electron chi connectivity index (χ4n) is 4.01. The fourth-order valence-corrected chi connectivity index (χ4v) is 4.01. The molecule has 9 heteroatoms. The van der Waals surface area contributed by atoms with Crippen LogP contribution in [0.15, 0.2) is 23.3 Å². The molecule has 2 unspecified atom stereocenters. The molecule has 2 aliphatic rings. The lowest BCUT2D eigenvalue weighted by molar-refractivity contribution is -0.122. The van der Waals surface area contributed by atoms with E-state index >= 15 is 0 Å². The van der Waals surface area contributed by atoms with Gasteiger partial charge in [0, 0.05) is 64.6 Å². The number of primary amides is 1. The van der Waals surface area contributed by atoms with E-state index < -0.39 is 0 Å². The highest BCUT2D eigenvalue weighted by molar-refractivity contribution is 14.0. The number of anilines is 1. The second kappa shape index (κ2) is 11.5. The molecule has 2 saturated heterocycles. The van der Waals surface area contributed by atoms with E-state index in [0.29, 0.717) is 19.0 Å². The van der Waals surface area contributed by atoms with Gasteiger partial charge in [0.15, 0.2) is 5.96 Å². The number of pyridine rings is 1. The van der Waals surface area contributed by atoms with Crippen LogP contribution in [0.1, 0.15) is 24.8 Å². The van der Waals surface area contributed by atoms with Crippen LogP contribution < -0.4 is 16.0 Å². The molecule has 0 saturated carbocycles. The number of nitrogens with one attached hydrogen (secondary N) is 1. The number of amides is 1. The van der Waals surface area contributed by atoms with Crippen LogP contribution in [0.3, 0.4) is 0 Å². The molecule has 3 heterocycles. The average molecular weight is 516 g/mol. The molecular formula is C20H33IN6O2. The topological polar surface area (TPSA) is 96.1 Å². The molecule has 2 aliphatic heterocycles. The Hall–Kier alpha value is -1.62. The molecule has 2 atom stereocenters. The maximum atomic E-state index is 11.6. The lowest BCUT2D eigenvalue weighted by Gasteiger charge is -2.33. The van der Waals surface area contributed by atoms with Crippen molar-refractivity contribution in [1.29, 1.82) is 0 Å². The smallest absolute Gasteiger partial charge is 0.222 e. The zero-order chi connectivity index (χ0) is 19.9. The predicted octanol–water partition coefficient (Wildman–Crippen LogP) is 1.44. The molecule has 0 aromatic carbocycles. The van der Waals surface area contributed by atoms with Crippen molar-refractivity contribution in [2.45, 2.75) is 25.8 Å². The molecule has 1 amide bonds. The number of ether oxygens (including phenoxy) is 1. The molecule has 0 radical (unpaired) electrons. The quantitative estimate of drug-likeness (QED) is 0.338. The van der Waals surface area contributed by atoms with E-state index in [0.717, 1.165) is 62.9 Å². The van der Waals surface area contributed by atoms with Crippen LogP contribution >= 0.6 is 24.0 Å². The van der Waals surface area contributed by atoms with Gasteiger partial charge in [-0.2, -0.15) is 0 Å². The highest BCUT2D eigenvalue weighted by atomic mass is 127. The minimum Gasteiger partial charge on any atom is -0.381 e. The van der Waals surface area contributed by atoms with E-state index in [-0.39, 0.29) is 35.8 Å². The molecule has 3 N–H and O–H groups in total. The van der Waals surface area contributed by atoms with Crippen molar-refractivity contribution in [3.63, 3.8) is 0 Å². The molecule has 0 bridgehead atoms. The second-order valence-corrected chi connectivity index (χ2v) is 7.68. The van der Waals surface area contributed by atoms with Crippen LogP contribution in [-0.4, -0.2) is 68.7 Å². The number of aromatic nitrogens is 1. The van der Waals surface area contributed by atoms with Crippen molar-refractivity contribution in [2.24, 2.45) is 22.6 Å². The Morgan fingerprint density at radius 3 is 3.00 bits per heavy atom. The van der Waals surface area contributed by atoms with Crippen molar-refractivity contribution in [3.05, 3.63) is 23.9 Å². The molecule has 1 aromatic rings. The third-order valence-corrected chi connectivity index (χ3v) is 5.56. The van der Waals surface area contributed by atoms with E-state index in [1.54, 1.807) is 13.2 Å². The Bertz CT molecular complexity index is 695. The number of aliphatic imine (C=N–C) groups is 1. The summed E-state index contributed by atoms with van der Waals surface area (Å²) in [5, 5.41) is 3.45. The molecule has 29 heavy (non-hydrogen) atoms. The third-order valence-electron chi connectivity index (χ3n) is 5.56. The van der Waals surface area contributed by atoms with Crippen LogP contribution in [0.4, 0.5) is 5.82 Å². The van der Waals surface area contributed by atoms with Gasteiger partial charge in [-0.05, 0) is 25.3 Å². The van der Waals surface area contributed by atoms with Crippen LogP contribution in [0, 0.1) is 11.8 Å². The van der Waals surface area contributed by atoms with Gasteiger partial charge >= 0.3 is 0 Å². The SMILES string of the molecule is CN=C(NCc1cccnc1N1CCCC(C(N)=O)C1)N(C)CC1CCOC1.I. The van der Waals surface area contributed by atoms with Gasteiger partial charge in [0.1, 0.15) is 5.82 Å². The van der Waals surface area contributed by atoms with Crippen molar-refractivity contribution in [2.75, 3.05) is 51.8 Å². The summed E-state index contributed by atoms with van der Waals surface area (Å²) in [6, 6.07) is 4.01. The largest absolute Gasteiger partial charge is 0.381 e. The number of carbonyl (C=O) groups is 1. The number of piperidine rings is 1. The molecule has 2 fully saturated rings. The first-order valence-electron chi connectivity index (χ1n) is 10.1. The Morgan fingerprint density at radius 2 is 2.31 bits per heavy atom. The molecule has 0 spiro atoms. The van der Waals surface area contributed by atoms with Crippen LogP contribution in [0.5, 0.6) is 0 Å². The summed E-state index contributed by atoms with van der Waals surface area (Å²) < 4.78 is 5.48. The molecule has 8 nitrogen and oxygen atoms in total. The number of hydrogen-bond donors (Lipinski definition) is 2. The van der Waals surface area contributed by atoms with Crippen molar-refractivity contribution in [1.82, 2.24) is 15.2 Å². The van der Waals surface area contributed by atoms with Gasteiger partial charge in [0.05, 0.1) is 12.5 Å². The first-order chi connectivity index (χ1) is 13.6. The summed E-state index contributed by atoms with van der Waals surface area (Å²) in [7, 11) is 3.86. The van der Waals surface area contributed by atoms with Gasteiger partial charge in [-0.1, -0.05) is 6.07 Å². The first kappa shape index (κ1) is 23.7. The van der Waals surface area contributed by atoms with Gasteiger partial charge in [-0.25, -0.2) is 4.98 Å². The van der Waals surface area contributed by atoms with E-state index in [9.17, 15) is 4.79 Å². The van der Waals surface area contributed by atoms with Crippen LogP contribution in [0.25, 0.3) is 0 Å². The Balaban J connectivity index is 0.00000300. The van der Waals surface area contributed by atoms with Gasteiger partial charge in [-0.3, -0.25) is 9.79 Å². The van der Waals surface area contributed by atoms with Gasteiger partial charge in [0.2, 0.25) is 5.91 Å². The Labute approximate surface area is 190 Å². The number of halogens is 1. The highest BCUT2D eigenvalue weighted by Gasteiger charge is 2.26. The van der Waals surface area contributed by atoms with Crippen molar-refractivity contribution < 1.29 is 9.53 Å². The molecule has 3 rings (SSSR count). The first-order valence-corrected chi connectivity index (χ1v) is 10.1. The van der Waals surface area contributed by atoms with E-state index in [4.69, 9.17) is 10.5 Å². The number of rotatable bonds is 6. The lowest BCUT2D eigenvalue weighted by atomic mass is 9.97. The maximum Gasteiger partial charge on any atom is 0.222 e. The summed E-state index contributed by atoms with van der Waals surface area (Å²) in [6.07, 6.45) is 4.71. The average Bonchev–Trinajstić information content (AvgIpc) is 3.22. The highest BCUT2D eigenvalue weighted by Crippen LogP contribution is 2.24. The van der Waals surface area contributed by atoms with Gasteiger partial charge in [0.25, 0.3) is 0 Å². The number of carbonyl (C=O) groups excluding carboxylic acids is 1. The lowest BCUT2D eigenvalue weighted by Crippen LogP contribution is -2.43. The summed E-state index contributed by atoms with van der Waals surface area (Å²) >= 11 is 0. The summed E-state index contributed by atoms with van der Waals surface area (Å²) in [6.45, 7) is 4.75. The Morgan fingerprint density at radius 1 is 1.48 bits per heavy atom. The fraction of sp³-hybridized carbons (Fsp3) is 0.650. The minimum absolute atomic E-state index is 0. The van der Waals surface area contributed by atoms with Crippen LogP contribution in [-0.2, 0) is 16.1 Å². The summed E-state index contributed by atoms with van der Waals surface area (Å²) in [4.78, 5) is 25.0. The van der Waals surface area contributed by atoms with Crippen molar-refractivity contribution in [3.8, 4) is 0 Å².